The van der Waals surface area contributed by atoms with Gasteiger partial charge in [0.15, 0.2) is 0 Å². The summed E-state index contributed by atoms with van der Waals surface area (Å²) in [7, 11) is 0. The zero-order chi connectivity index (χ0) is 12.5. The quantitative estimate of drug-likeness (QED) is 0.608. The van der Waals surface area contributed by atoms with E-state index >= 15 is 0 Å². The van der Waals surface area contributed by atoms with E-state index in [9.17, 15) is 4.79 Å². The Morgan fingerprint density at radius 2 is 2.29 bits per heavy atom. The molecule has 0 fully saturated rings. The van der Waals surface area contributed by atoms with Crippen molar-refractivity contribution in [3.05, 3.63) is 23.9 Å². The summed E-state index contributed by atoms with van der Waals surface area (Å²) in [6.07, 6.45) is 2.35. The van der Waals surface area contributed by atoms with Crippen LogP contribution in [-0.4, -0.2) is 45.8 Å². The van der Waals surface area contributed by atoms with E-state index in [1.807, 2.05) is 0 Å². The second kappa shape index (κ2) is 7.92. The van der Waals surface area contributed by atoms with Crippen LogP contribution in [0.1, 0.15) is 16.8 Å². The molecule has 94 valence electrons. The molecule has 0 aromatic carbocycles. The molecule has 0 saturated heterocycles. The summed E-state index contributed by atoms with van der Waals surface area (Å²) in [6, 6.07) is 3.13. The Morgan fingerprint density at radius 3 is 3.00 bits per heavy atom. The molecule has 1 aromatic rings. The third kappa shape index (κ3) is 5.06. The molecule has 0 amide bonds. The number of carboxylic acids is 1. The third-order valence-corrected chi connectivity index (χ3v) is 3.09. The highest BCUT2D eigenvalue weighted by atomic mass is 32.2. The second-order valence-corrected chi connectivity index (χ2v) is 4.55. The van der Waals surface area contributed by atoms with Crippen molar-refractivity contribution < 1.29 is 15.0 Å². The van der Waals surface area contributed by atoms with Crippen LogP contribution in [0.15, 0.2) is 18.3 Å². The first kappa shape index (κ1) is 13.8. The summed E-state index contributed by atoms with van der Waals surface area (Å²) in [6.45, 7) is 0.872. The number of hydrogen-bond donors (Lipinski definition) is 3. The van der Waals surface area contributed by atoms with Crippen LogP contribution in [0, 0.1) is 0 Å². The fourth-order valence-corrected chi connectivity index (χ4v) is 2.01. The number of nitrogens with one attached hydrogen (secondary N) is 1. The number of hydrogen-bond acceptors (Lipinski definition) is 5. The molecule has 0 saturated carbocycles. The van der Waals surface area contributed by atoms with Crippen LogP contribution in [0.3, 0.4) is 0 Å². The lowest BCUT2D eigenvalue weighted by atomic mass is 10.2. The summed E-state index contributed by atoms with van der Waals surface area (Å²) >= 11 is 1.71. The number of carboxylic acid groups (broad SMARTS) is 1. The molecule has 0 atom stereocenters. The van der Waals surface area contributed by atoms with E-state index in [0.717, 1.165) is 17.9 Å². The molecule has 0 aliphatic heterocycles. The minimum atomic E-state index is -0.978. The van der Waals surface area contributed by atoms with Crippen molar-refractivity contribution in [1.82, 2.24) is 4.98 Å². The van der Waals surface area contributed by atoms with Gasteiger partial charge in [-0.05, 0) is 24.3 Å². The monoisotopic (exact) mass is 256 g/mol. The zero-order valence-electron chi connectivity index (χ0n) is 9.43. The Hall–Kier alpha value is -1.27. The fraction of sp³-hybridized carbons (Fsp3) is 0.455. The maximum absolute atomic E-state index is 10.9. The van der Waals surface area contributed by atoms with E-state index in [1.54, 1.807) is 24.0 Å². The molecule has 3 N–H and O–H groups in total. The largest absolute Gasteiger partial charge is 0.478 e. The summed E-state index contributed by atoms with van der Waals surface area (Å²) in [4.78, 5) is 14.9. The average Bonchev–Trinajstić information content (AvgIpc) is 2.34. The molecule has 6 heteroatoms. The first-order valence-electron chi connectivity index (χ1n) is 5.36. The Morgan fingerprint density at radius 1 is 1.47 bits per heavy atom. The minimum absolute atomic E-state index is 0.188. The van der Waals surface area contributed by atoms with Gasteiger partial charge in [0, 0.05) is 25.1 Å². The van der Waals surface area contributed by atoms with E-state index in [1.165, 1.54) is 6.07 Å². The zero-order valence-corrected chi connectivity index (χ0v) is 10.2. The molecule has 0 aliphatic carbocycles. The smallest absolute Gasteiger partial charge is 0.339 e. The van der Waals surface area contributed by atoms with Crippen LogP contribution < -0.4 is 5.32 Å². The van der Waals surface area contributed by atoms with Crippen LogP contribution >= 0.6 is 11.8 Å². The summed E-state index contributed by atoms with van der Waals surface area (Å²) < 4.78 is 0. The predicted octanol–water partition coefficient (Wildman–Crippen LogP) is 1.31. The van der Waals surface area contributed by atoms with Gasteiger partial charge in [-0.1, -0.05) is 0 Å². The van der Waals surface area contributed by atoms with Crippen molar-refractivity contribution in [2.24, 2.45) is 0 Å². The highest BCUT2D eigenvalue weighted by molar-refractivity contribution is 7.99. The molecule has 0 spiro atoms. The van der Waals surface area contributed by atoms with Gasteiger partial charge in [-0.15, -0.1) is 0 Å². The molecular weight excluding hydrogens is 240 g/mol. The van der Waals surface area contributed by atoms with Gasteiger partial charge in [-0.25, -0.2) is 9.78 Å². The molecule has 17 heavy (non-hydrogen) atoms. The van der Waals surface area contributed by atoms with Crippen molar-refractivity contribution >= 4 is 23.5 Å². The number of aromatic carboxylic acids is 1. The number of aliphatic hydroxyl groups excluding tert-OH is 1. The number of pyridine rings is 1. The molecule has 1 rings (SSSR count). The first-order chi connectivity index (χ1) is 8.25. The van der Waals surface area contributed by atoms with Gasteiger partial charge < -0.3 is 15.5 Å². The number of carbonyl (C=O) groups is 1. The lowest BCUT2D eigenvalue weighted by Gasteiger charge is -2.07. The average molecular weight is 256 g/mol. The lowest BCUT2D eigenvalue weighted by molar-refractivity contribution is 0.0697. The van der Waals surface area contributed by atoms with Crippen LogP contribution in [-0.2, 0) is 0 Å². The standard InChI is InChI=1S/C11H16N2O3S/c14-6-2-7-17-8-5-13-10-9(11(15)16)3-1-4-12-10/h1,3-4,14H,2,5-8H2,(H,12,13)(H,15,16). The van der Waals surface area contributed by atoms with Crippen LogP contribution in [0.25, 0.3) is 0 Å². The van der Waals surface area contributed by atoms with Crippen molar-refractivity contribution in [3.8, 4) is 0 Å². The van der Waals surface area contributed by atoms with E-state index in [0.29, 0.717) is 12.4 Å². The summed E-state index contributed by atoms with van der Waals surface area (Å²) in [5.41, 5.74) is 0.188. The Bertz CT molecular complexity index is 360. The topological polar surface area (TPSA) is 82.5 Å². The Kier molecular flexibility index (Phi) is 6.42. The Balaban J connectivity index is 2.34. The third-order valence-electron chi connectivity index (χ3n) is 2.02. The molecule has 0 aliphatic rings. The highest BCUT2D eigenvalue weighted by Gasteiger charge is 2.09. The molecule has 1 heterocycles. The number of nitrogens with zero attached hydrogens (tertiary/aromatic N) is 1. The van der Waals surface area contributed by atoms with E-state index < -0.39 is 5.97 Å². The molecule has 0 unspecified atom stereocenters. The van der Waals surface area contributed by atoms with E-state index in [2.05, 4.69) is 10.3 Å². The number of aromatic nitrogens is 1. The number of rotatable bonds is 8. The SMILES string of the molecule is O=C(O)c1cccnc1NCCSCCCO. The lowest BCUT2D eigenvalue weighted by Crippen LogP contribution is -2.11. The Labute approximate surface area is 104 Å². The van der Waals surface area contributed by atoms with Crippen LogP contribution in [0.4, 0.5) is 5.82 Å². The molecule has 5 nitrogen and oxygen atoms in total. The van der Waals surface area contributed by atoms with Gasteiger partial charge in [-0.2, -0.15) is 11.8 Å². The van der Waals surface area contributed by atoms with E-state index in [-0.39, 0.29) is 12.2 Å². The molecule has 0 bridgehead atoms. The number of thioether (sulfide) groups is 1. The highest BCUT2D eigenvalue weighted by Crippen LogP contribution is 2.11. The molecule has 0 radical (unpaired) electrons. The predicted molar refractivity (Wildman–Crippen MR) is 68.7 cm³/mol. The maximum atomic E-state index is 10.9. The van der Waals surface area contributed by atoms with Gasteiger partial charge in [-0.3, -0.25) is 0 Å². The number of aliphatic hydroxyl groups is 1. The van der Waals surface area contributed by atoms with E-state index in [4.69, 9.17) is 10.2 Å². The van der Waals surface area contributed by atoms with Gasteiger partial charge in [0.2, 0.25) is 0 Å². The molecule has 1 aromatic heterocycles. The maximum Gasteiger partial charge on any atom is 0.339 e. The van der Waals surface area contributed by atoms with Gasteiger partial charge >= 0.3 is 5.97 Å². The minimum Gasteiger partial charge on any atom is -0.478 e. The fourth-order valence-electron chi connectivity index (χ4n) is 1.23. The van der Waals surface area contributed by atoms with Crippen LogP contribution in [0.2, 0.25) is 0 Å². The molecular formula is C11H16N2O3S. The second-order valence-electron chi connectivity index (χ2n) is 3.32. The van der Waals surface area contributed by atoms with Crippen molar-refractivity contribution in [3.63, 3.8) is 0 Å². The summed E-state index contributed by atoms with van der Waals surface area (Å²) in [5.74, 6) is 1.19. The number of anilines is 1. The van der Waals surface area contributed by atoms with Gasteiger partial charge in [0.1, 0.15) is 11.4 Å². The summed E-state index contributed by atoms with van der Waals surface area (Å²) in [5, 5.41) is 20.5. The van der Waals surface area contributed by atoms with Gasteiger partial charge in [0.25, 0.3) is 0 Å². The van der Waals surface area contributed by atoms with Crippen molar-refractivity contribution in [2.45, 2.75) is 6.42 Å². The van der Waals surface area contributed by atoms with Gasteiger partial charge in [0.05, 0.1) is 0 Å². The first-order valence-corrected chi connectivity index (χ1v) is 6.52. The van der Waals surface area contributed by atoms with Crippen molar-refractivity contribution in [2.75, 3.05) is 30.0 Å². The normalized spacial score (nSPS) is 10.2. The van der Waals surface area contributed by atoms with Crippen LogP contribution in [0.5, 0.6) is 0 Å². The van der Waals surface area contributed by atoms with Crippen molar-refractivity contribution in [1.29, 1.82) is 0 Å².